The molecule has 1 fully saturated rings. The van der Waals surface area contributed by atoms with Gasteiger partial charge in [0.2, 0.25) is 0 Å². The molecule has 5 heteroatoms. The quantitative estimate of drug-likeness (QED) is 0.915. The van der Waals surface area contributed by atoms with Gasteiger partial charge in [0.1, 0.15) is 0 Å². The van der Waals surface area contributed by atoms with E-state index < -0.39 is 5.97 Å². The molecule has 0 aliphatic carbocycles. The van der Waals surface area contributed by atoms with Crippen LogP contribution in [0.15, 0.2) is 36.7 Å². The van der Waals surface area contributed by atoms with Crippen molar-refractivity contribution in [2.24, 2.45) is 5.92 Å². The summed E-state index contributed by atoms with van der Waals surface area (Å²) < 4.78 is 0. The minimum atomic E-state index is -0.943. The number of nitrogens with zero attached hydrogens (tertiary/aromatic N) is 3. The van der Waals surface area contributed by atoms with Crippen LogP contribution in [-0.2, 0) is 6.42 Å². The summed E-state index contributed by atoms with van der Waals surface area (Å²) >= 11 is 0. The van der Waals surface area contributed by atoms with Crippen LogP contribution >= 0.6 is 0 Å². The van der Waals surface area contributed by atoms with Gasteiger partial charge in [0, 0.05) is 24.3 Å². The molecule has 1 aromatic carbocycles. The number of carboxylic acids is 1. The van der Waals surface area contributed by atoms with Crippen LogP contribution in [0.3, 0.4) is 0 Å². The molecule has 1 aliphatic rings. The second kappa shape index (κ2) is 7.09. The molecular formula is C19H23N3O2. The van der Waals surface area contributed by atoms with E-state index in [9.17, 15) is 9.90 Å². The van der Waals surface area contributed by atoms with Crippen molar-refractivity contribution in [2.75, 3.05) is 13.1 Å². The summed E-state index contributed by atoms with van der Waals surface area (Å²) in [6.07, 6.45) is 5.50. The summed E-state index contributed by atoms with van der Waals surface area (Å²) in [5.41, 5.74) is 2.44. The molecular weight excluding hydrogens is 302 g/mol. The molecule has 0 unspecified atom stereocenters. The molecule has 1 atom stereocenters. The first-order chi connectivity index (χ1) is 11.5. The van der Waals surface area contributed by atoms with Gasteiger partial charge in [-0.05, 0) is 45.2 Å². The van der Waals surface area contributed by atoms with E-state index in [0.29, 0.717) is 23.2 Å². The Morgan fingerprint density at radius 3 is 2.83 bits per heavy atom. The lowest BCUT2D eigenvalue weighted by Gasteiger charge is -2.20. The molecule has 1 saturated heterocycles. The highest BCUT2D eigenvalue weighted by Crippen LogP contribution is 2.24. The Hall–Kier alpha value is -2.27. The van der Waals surface area contributed by atoms with Crippen molar-refractivity contribution in [3.8, 4) is 11.3 Å². The molecule has 5 nitrogen and oxygen atoms in total. The maximum Gasteiger partial charge on any atom is 0.336 e. The zero-order valence-corrected chi connectivity index (χ0v) is 14.1. The van der Waals surface area contributed by atoms with Gasteiger partial charge in [-0.25, -0.2) is 9.78 Å². The van der Waals surface area contributed by atoms with Gasteiger partial charge >= 0.3 is 5.97 Å². The van der Waals surface area contributed by atoms with E-state index in [0.717, 1.165) is 25.2 Å². The van der Waals surface area contributed by atoms with E-state index in [4.69, 9.17) is 0 Å². The van der Waals surface area contributed by atoms with Crippen LogP contribution in [-0.4, -0.2) is 45.1 Å². The summed E-state index contributed by atoms with van der Waals surface area (Å²) in [5.74, 6) is -0.354. The summed E-state index contributed by atoms with van der Waals surface area (Å²) in [6.45, 7) is 6.68. The van der Waals surface area contributed by atoms with E-state index >= 15 is 0 Å². The highest BCUT2D eigenvalue weighted by atomic mass is 16.4. The number of carboxylic acid groups (broad SMARTS) is 1. The van der Waals surface area contributed by atoms with E-state index in [1.165, 1.54) is 6.42 Å². The summed E-state index contributed by atoms with van der Waals surface area (Å²) in [4.78, 5) is 22.9. The average molecular weight is 325 g/mol. The first-order valence-corrected chi connectivity index (χ1v) is 8.42. The number of hydrogen-bond donors (Lipinski definition) is 1. The number of aromatic nitrogens is 2. The largest absolute Gasteiger partial charge is 0.478 e. The molecule has 3 rings (SSSR count). The first-order valence-electron chi connectivity index (χ1n) is 8.42. The molecule has 1 aliphatic heterocycles. The van der Waals surface area contributed by atoms with Crippen LogP contribution in [0.4, 0.5) is 0 Å². The molecule has 2 aromatic rings. The fraction of sp³-hybridized carbons (Fsp3) is 0.421. The molecule has 0 amide bonds. The lowest BCUT2D eigenvalue weighted by molar-refractivity contribution is 0.0697. The Morgan fingerprint density at radius 2 is 2.12 bits per heavy atom. The topological polar surface area (TPSA) is 66.3 Å². The Bertz CT molecular complexity index is 730. The van der Waals surface area contributed by atoms with Crippen molar-refractivity contribution in [1.82, 2.24) is 14.9 Å². The lowest BCUT2D eigenvalue weighted by Crippen LogP contribution is -2.28. The molecule has 0 spiro atoms. The number of benzene rings is 1. The third-order valence-electron chi connectivity index (χ3n) is 4.66. The molecule has 0 saturated carbocycles. The second-order valence-electron chi connectivity index (χ2n) is 6.69. The second-order valence-corrected chi connectivity index (χ2v) is 6.69. The minimum Gasteiger partial charge on any atom is -0.478 e. The predicted octanol–water partition coefficient (Wildman–Crippen LogP) is 3.11. The Morgan fingerprint density at radius 1 is 1.33 bits per heavy atom. The van der Waals surface area contributed by atoms with Gasteiger partial charge in [-0.1, -0.05) is 18.2 Å². The normalized spacial score (nSPS) is 18.2. The van der Waals surface area contributed by atoms with Crippen LogP contribution in [0.2, 0.25) is 0 Å². The van der Waals surface area contributed by atoms with Gasteiger partial charge in [0.15, 0.2) is 0 Å². The number of aromatic carboxylic acids is 1. The summed E-state index contributed by atoms with van der Waals surface area (Å²) in [7, 11) is 0. The van der Waals surface area contributed by atoms with Gasteiger partial charge in [0.25, 0.3) is 0 Å². The highest BCUT2D eigenvalue weighted by molar-refractivity contribution is 5.95. The fourth-order valence-electron chi connectivity index (χ4n) is 3.32. The van der Waals surface area contributed by atoms with Crippen LogP contribution in [0.25, 0.3) is 11.3 Å². The monoisotopic (exact) mass is 325 g/mol. The van der Waals surface area contributed by atoms with Crippen LogP contribution in [0.1, 0.15) is 36.3 Å². The zero-order chi connectivity index (χ0) is 17.1. The number of rotatable bonds is 5. The van der Waals surface area contributed by atoms with Crippen molar-refractivity contribution in [3.05, 3.63) is 47.9 Å². The van der Waals surface area contributed by atoms with Gasteiger partial charge in [-0.15, -0.1) is 0 Å². The van der Waals surface area contributed by atoms with Crippen molar-refractivity contribution < 1.29 is 9.90 Å². The van der Waals surface area contributed by atoms with E-state index in [1.807, 2.05) is 6.07 Å². The fourth-order valence-corrected chi connectivity index (χ4v) is 3.32. The maximum absolute atomic E-state index is 11.4. The Labute approximate surface area is 142 Å². The van der Waals surface area contributed by atoms with E-state index in [1.54, 1.807) is 30.6 Å². The SMILES string of the molecule is CC(C)N1CC[C@H](Cc2cncc(-c3ccccc3C(=O)O)n2)C1. The number of likely N-dealkylation sites (tertiary alicyclic amines) is 1. The molecule has 126 valence electrons. The number of hydrogen-bond acceptors (Lipinski definition) is 4. The van der Waals surface area contributed by atoms with Gasteiger partial charge in [0.05, 0.1) is 23.1 Å². The molecule has 2 heterocycles. The predicted molar refractivity (Wildman–Crippen MR) is 92.9 cm³/mol. The number of carbonyl (C=O) groups is 1. The van der Waals surface area contributed by atoms with Crippen molar-refractivity contribution in [1.29, 1.82) is 0 Å². The highest BCUT2D eigenvalue weighted by Gasteiger charge is 2.24. The van der Waals surface area contributed by atoms with E-state index in [2.05, 4.69) is 28.7 Å². The third kappa shape index (κ3) is 3.62. The van der Waals surface area contributed by atoms with Gasteiger partial charge < -0.3 is 10.0 Å². The van der Waals surface area contributed by atoms with Gasteiger partial charge in [-0.2, -0.15) is 0 Å². The minimum absolute atomic E-state index is 0.260. The van der Waals surface area contributed by atoms with E-state index in [-0.39, 0.29) is 5.56 Å². The van der Waals surface area contributed by atoms with Crippen molar-refractivity contribution in [3.63, 3.8) is 0 Å². The standard InChI is InChI=1S/C19H23N3O2/c1-13(2)22-8-7-14(12-22)9-15-10-20-11-18(21-15)16-5-3-4-6-17(16)19(23)24/h3-6,10-11,13-14H,7-9,12H2,1-2H3,(H,23,24)/t14-/m1/s1. The first kappa shape index (κ1) is 16.6. The maximum atomic E-state index is 11.4. The molecule has 24 heavy (non-hydrogen) atoms. The van der Waals surface area contributed by atoms with Gasteiger partial charge in [-0.3, -0.25) is 4.98 Å². The zero-order valence-electron chi connectivity index (χ0n) is 14.1. The Balaban J connectivity index is 1.79. The van der Waals surface area contributed by atoms with Crippen molar-refractivity contribution in [2.45, 2.75) is 32.7 Å². The Kier molecular flexibility index (Phi) is 4.90. The summed E-state index contributed by atoms with van der Waals surface area (Å²) in [5, 5.41) is 9.35. The lowest BCUT2D eigenvalue weighted by atomic mass is 10.0. The van der Waals surface area contributed by atoms with Crippen molar-refractivity contribution >= 4 is 5.97 Å². The van der Waals surface area contributed by atoms with Crippen LogP contribution in [0.5, 0.6) is 0 Å². The molecule has 0 radical (unpaired) electrons. The van der Waals surface area contributed by atoms with Crippen LogP contribution in [0, 0.1) is 5.92 Å². The molecule has 1 aromatic heterocycles. The molecule has 0 bridgehead atoms. The third-order valence-corrected chi connectivity index (χ3v) is 4.66. The van der Waals surface area contributed by atoms with Crippen LogP contribution < -0.4 is 0 Å². The smallest absolute Gasteiger partial charge is 0.336 e. The average Bonchev–Trinajstić information content (AvgIpc) is 3.04. The molecule has 1 N–H and O–H groups in total. The summed E-state index contributed by atoms with van der Waals surface area (Å²) in [6, 6.07) is 7.52.